The van der Waals surface area contributed by atoms with Gasteiger partial charge in [-0.05, 0) is 90.8 Å². The van der Waals surface area contributed by atoms with Crippen LogP contribution in [0.1, 0.15) is 70.6 Å². The van der Waals surface area contributed by atoms with Crippen molar-refractivity contribution in [1.29, 1.82) is 0 Å². The molecule has 0 spiro atoms. The predicted octanol–water partition coefficient (Wildman–Crippen LogP) is 7.29. The summed E-state index contributed by atoms with van der Waals surface area (Å²) in [5.41, 5.74) is 2.96. The highest BCUT2D eigenvalue weighted by Crippen LogP contribution is 2.61. The van der Waals surface area contributed by atoms with Gasteiger partial charge in [-0.15, -0.1) is 0 Å². The summed E-state index contributed by atoms with van der Waals surface area (Å²) < 4.78 is 15.8. The fraction of sp³-hybridized carbons (Fsp3) is 0.519. The largest absolute Gasteiger partial charge is 0.252 e. The van der Waals surface area contributed by atoms with Crippen LogP contribution in [0.5, 0.6) is 0 Å². The van der Waals surface area contributed by atoms with Gasteiger partial charge in [0.1, 0.15) is 5.82 Å². The average molecular weight is 388 g/mol. The van der Waals surface area contributed by atoms with E-state index in [2.05, 4.69) is 51.1 Å². The van der Waals surface area contributed by atoms with E-state index in [0.29, 0.717) is 0 Å². The van der Waals surface area contributed by atoms with Crippen molar-refractivity contribution in [3.05, 3.63) is 53.5 Å². The van der Waals surface area contributed by atoms with Gasteiger partial charge in [-0.2, -0.15) is 0 Å². The summed E-state index contributed by atoms with van der Waals surface area (Å²) in [5.74, 6) is 2.45. The zero-order valence-corrected chi connectivity index (χ0v) is 17.8. The third-order valence-corrected chi connectivity index (χ3v) is 8.11. The number of hydrogen-bond acceptors (Lipinski definition) is 1. The number of pyridine rings is 1. The monoisotopic (exact) mass is 387 g/mol. The van der Waals surface area contributed by atoms with E-state index >= 15 is 4.39 Å². The number of halogens is 1. The molecular weight excluding hydrogens is 357 g/mol. The molecule has 1 nitrogen and oxygen atoms in total. The molecule has 0 amide bonds. The number of nitrogens with zero attached hydrogens (tertiary/aromatic N) is 1. The minimum Gasteiger partial charge on any atom is -0.252 e. The molecule has 0 N–H and O–H groups in total. The van der Waals surface area contributed by atoms with Crippen molar-refractivity contribution >= 4 is 21.7 Å². The summed E-state index contributed by atoms with van der Waals surface area (Å²) in [4.78, 5) is 4.97. The molecule has 150 valence electrons. The Labute approximate surface area is 172 Å². The van der Waals surface area contributed by atoms with Crippen LogP contribution in [-0.4, -0.2) is 4.98 Å². The second-order valence-corrected chi connectivity index (χ2v) is 11.3. The fourth-order valence-corrected chi connectivity index (χ4v) is 7.39. The summed E-state index contributed by atoms with van der Waals surface area (Å²) >= 11 is 0. The number of aromatic nitrogens is 1. The normalized spacial score (nSPS) is 31.1. The zero-order chi connectivity index (χ0) is 20.0. The molecule has 0 saturated heterocycles. The van der Waals surface area contributed by atoms with E-state index in [0.717, 1.165) is 45.3 Å². The molecule has 0 unspecified atom stereocenters. The average Bonchev–Trinajstić information content (AvgIpc) is 2.65. The van der Waals surface area contributed by atoms with E-state index in [1.807, 2.05) is 6.07 Å². The van der Waals surface area contributed by atoms with Gasteiger partial charge in [-0.25, -0.2) is 4.39 Å². The lowest BCUT2D eigenvalue weighted by Crippen LogP contribution is -2.48. The Morgan fingerprint density at radius 3 is 2.10 bits per heavy atom. The second-order valence-electron chi connectivity index (χ2n) is 11.3. The molecule has 29 heavy (non-hydrogen) atoms. The highest BCUT2D eigenvalue weighted by atomic mass is 19.1. The molecule has 0 atom stereocenters. The lowest BCUT2D eigenvalue weighted by atomic mass is 9.48. The molecule has 1 aromatic heterocycles. The first kappa shape index (κ1) is 17.9. The molecule has 4 saturated carbocycles. The molecule has 1 heterocycles. The highest BCUT2D eigenvalue weighted by Gasteiger charge is 2.52. The zero-order valence-electron chi connectivity index (χ0n) is 17.8. The molecular formula is C27H30FN. The first-order valence-corrected chi connectivity index (χ1v) is 11.4. The number of benzene rings is 2. The molecule has 2 heteroatoms. The van der Waals surface area contributed by atoms with Crippen LogP contribution in [0, 0.1) is 23.6 Å². The molecule has 2 aromatic carbocycles. The van der Waals surface area contributed by atoms with Crippen LogP contribution in [0.2, 0.25) is 0 Å². The SMILES string of the molecule is CC(C)(C)c1nc2ccccc2c2cc(C34CC5CC(CC(C5)C3)C4)c(F)cc12. The predicted molar refractivity (Wildman–Crippen MR) is 118 cm³/mol. The molecule has 4 aliphatic carbocycles. The van der Waals surface area contributed by atoms with Crippen LogP contribution in [0.25, 0.3) is 21.7 Å². The van der Waals surface area contributed by atoms with Crippen molar-refractivity contribution in [2.24, 2.45) is 17.8 Å². The van der Waals surface area contributed by atoms with Crippen molar-refractivity contribution in [3.63, 3.8) is 0 Å². The van der Waals surface area contributed by atoms with Gasteiger partial charge in [-0.1, -0.05) is 39.0 Å². The van der Waals surface area contributed by atoms with Gasteiger partial charge < -0.3 is 0 Å². The number of fused-ring (bicyclic) bond motifs is 3. The Hall–Kier alpha value is -1.96. The third-order valence-electron chi connectivity index (χ3n) is 8.11. The van der Waals surface area contributed by atoms with E-state index < -0.39 is 0 Å². The fourth-order valence-electron chi connectivity index (χ4n) is 7.39. The number of para-hydroxylation sites is 1. The van der Waals surface area contributed by atoms with Crippen LogP contribution in [-0.2, 0) is 10.8 Å². The Morgan fingerprint density at radius 1 is 0.862 bits per heavy atom. The van der Waals surface area contributed by atoms with Gasteiger partial charge in [0.25, 0.3) is 0 Å². The number of hydrogen-bond donors (Lipinski definition) is 0. The standard InChI is InChI=1S/C27H30FN/c1-26(2,3)25-21-12-23(28)22(11-20(21)19-6-4-5-7-24(19)29-25)27-13-16-8-17(14-27)10-18(9-16)15-27/h4-7,11-12,16-18H,8-10,13-15H2,1-3H3. The maximum absolute atomic E-state index is 15.8. The topological polar surface area (TPSA) is 12.9 Å². The van der Waals surface area contributed by atoms with Gasteiger partial charge in [-0.3, -0.25) is 4.98 Å². The Kier molecular flexibility index (Phi) is 3.57. The van der Waals surface area contributed by atoms with E-state index in [9.17, 15) is 0 Å². The van der Waals surface area contributed by atoms with Crippen molar-refractivity contribution in [1.82, 2.24) is 4.98 Å². The van der Waals surface area contributed by atoms with E-state index in [1.54, 1.807) is 0 Å². The van der Waals surface area contributed by atoms with E-state index in [4.69, 9.17) is 4.98 Å². The minimum atomic E-state index is -0.128. The minimum absolute atomic E-state index is 0.00188. The van der Waals surface area contributed by atoms with Crippen LogP contribution in [0.4, 0.5) is 4.39 Å². The summed E-state index contributed by atoms with van der Waals surface area (Å²) in [7, 11) is 0. The summed E-state index contributed by atoms with van der Waals surface area (Å²) in [6.07, 6.45) is 7.73. The molecule has 4 fully saturated rings. The van der Waals surface area contributed by atoms with E-state index in [1.165, 1.54) is 43.9 Å². The molecule has 0 aliphatic heterocycles. The van der Waals surface area contributed by atoms with Crippen LogP contribution in [0.15, 0.2) is 36.4 Å². The summed E-state index contributed by atoms with van der Waals surface area (Å²) in [6.45, 7) is 6.53. The van der Waals surface area contributed by atoms with Crippen molar-refractivity contribution in [3.8, 4) is 0 Å². The first-order valence-electron chi connectivity index (χ1n) is 11.4. The van der Waals surface area contributed by atoms with E-state index in [-0.39, 0.29) is 16.6 Å². The summed E-state index contributed by atoms with van der Waals surface area (Å²) in [5, 5.41) is 3.33. The lowest BCUT2D eigenvalue weighted by molar-refractivity contribution is -0.00667. The molecule has 0 radical (unpaired) electrons. The quantitative estimate of drug-likeness (QED) is 0.399. The van der Waals surface area contributed by atoms with Crippen molar-refractivity contribution in [2.45, 2.75) is 70.1 Å². The maximum Gasteiger partial charge on any atom is 0.127 e. The van der Waals surface area contributed by atoms with Crippen LogP contribution in [0.3, 0.4) is 0 Å². The van der Waals surface area contributed by atoms with Crippen LogP contribution < -0.4 is 0 Å². The van der Waals surface area contributed by atoms with Gasteiger partial charge in [0.2, 0.25) is 0 Å². The van der Waals surface area contributed by atoms with Gasteiger partial charge in [0.15, 0.2) is 0 Å². The molecule has 3 aromatic rings. The smallest absolute Gasteiger partial charge is 0.127 e. The van der Waals surface area contributed by atoms with Gasteiger partial charge >= 0.3 is 0 Å². The van der Waals surface area contributed by atoms with Crippen molar-refractivity contribution in [2.75, 3.05) is 0 Å². The Balaban J connectivity index is 1.64. The molecule has 4 aliphatic rings. The lowest BCUT2D eigenvalue weighted by Gasteiger charge is -2.57. The molecule has 4 bridgehead atoms. The first-order chi connectivity index (χ1) is 13.8. The Morgan fingerprint density at radius 2 is 1.48 bits per heavy atom. The van der Waals surface area contributed by atoms with Crippen LogP contribution >= 0.6 is 0 Å². The summed E-state index contributed by atoms with van der Waals surface area (Å²) in [6, 6.07) is 12.4. The van der Waals surface area contributed by atoms with Gasteiger partial charge in [0.05, 0.1) is 11.2 Å². The number of rotatable bonds is 1. The van der Waals surface area contributed by atoms with Gasteiger partial charge in [0, 0.05) is 16.2 Å². The van der Waals surface area contributed by atoms with Crippen molar-refractivity contribution < 1.29 is 4.39 Å². The maximum atomic E-state index is 15.8. The highest BCUT2D eigenvalue weighted by molar-refractivity contribution is 6.07. The molecule has 7 rings (SSSR count). The second kappa shape index (κ2) is 5.80. The third kappa shape index (κ3) is 2.60. The Bertz CT molecular complexity index is 1100.